The molecule has 0 radical (unpaired) electrons. The highest BCUT2D eigenvalue weighted by molar-refractivity contribution is 6.38. The zero-order chi connectivity index (χ0) is 11.5. The third kappa shape index (κ3) is 2.10. The number of hydrogen-bond acceptors (Lipinski definition) is 2. The number of anilines is 1. The molecule has 0 saturated heterocycles. The van der Waals surface area contributed by atoms with Crippen LogP contribution in [0.5, 0.6) is 0 Å². The molecule has 1 aromatic carbocycles. The minimum absolute atomic E-state index is 0.108. The molecule has 0 spiro atoms. The maximum Gasteiger partial charge on any atom is 0.239 e. The molecule has 82 valence electrons. The van der Waals surface area contributed by atoms with Crippen molar-refractivity contribution in [2.24, 2.45) is 0 Å². The van der Waals surface area contributed by atoms with Crippen molar-refractivity contribution in [1.29, 1.82) is 0 Å². The predicted octanol–water partition coefficient (Wildman–Crippen LogP) is 3.07. The van der Waals surface area contributed by atoms with Crippen LogP contribution >= 0.6 is 23.2 Å². The van der Waals surface area contributed by atoms with Gasteiger partial charge in [0.05, 0.1) is 22.4 Å². The van der Waals surface area contributed by atoms with Gasteiger partial charge < -0.3 is 5.32 Å². The average molecular weight is 255 g/mol. The number of fused-ring (bicyclic) bond motifs is 1. The Bertz CT molecular complexity index is 542. The van der Waals surface area contributed by atoms with Crippen molar-refractivity contribution < 1.29 is 4.79 Å². The van der Waals surface area contributed by atoms with E-state index in [4.69, 9.17) is 23.2 Å². The lowest BCUT2D eigenvalue weighted by Gasteiger charge is -2.07. The van der Waals surface area contributed by atoms with E-state index in [1.807, 2.05) is 24.3 Å². The highest BCUT2D eigenvalue weighted by Gasteiger charge is 2.08. The van der Waals surface area contributed by atoms with Gasteiger partial charge in [0.15, 0.2) is 0 Å². The quantitative estimate of drug-likeness (QED) is 0.838. The number of aromatic nitrogens is 1. The normalized spacial score (nSPS) is 10.4. The summed E-state index contributed by atoms with van der Waals surface area (Å²) >= 11 is 11.5. The van der Waals surface area contributed by atoms with E-state index in [-0.39, 0.29) is 11.8 Å². The smallest absolute Gasteiger partial charge is 0.239 e. The first kappa shape index (κ1) is 11.2. The Balaban J connectivity index is 2.48. The van der Waals surface area contributed by atoms with Crippen LogP contribution in [0.25, 0.3) is 10.9 Å². The molecule has 1 heterocycles. The Labute approximate surface area is 102 Å². The molecule has 0 unspecified atom stereocenters. The summed E-state index contributed by atoms with van der Waals surface area (Å²) in [5.74, 6) is -0.413. The van der Waals surface area contributed by atoms with Crippen LogP contribution in [0.4, 0.5) is 5.69 Å². The number of para-hydroxylation sites is 1. The number of pyridine rings is 1. The SMILES string of the molecule is O=C(CCl)Nc1cnc2ccccc2c1Cl. The summed E-state index contributed by atoms with van der Waals surface area (Å²) in [7, 11) is 0. The van der Waals surface area contributed by atoms with Crippen LogP contribution in [-0.2, 0) is 4.79 Å². The number of carbonyl (C=O) groups excluding carboxylic acids is 1. The fourth-order valence-electron chi connectivity index (χ4n) is 1.38. The first-order chi connectivity index (χ1) is 7.72. The monoisotopic (exact) mass is 254 g/mol. The van der Waals surface area contributed by atoms with E-state index in [0.29, 0.717) is 10.7 Å². The predicted molar refractivity (Wildman–Crippen MR) is 66.1 cm³/mol. The fraction of sp³-hybridized carbons (Fsp3) is 0.0909. The second kappa shape index (κ2) is 4.68. The molecule has 16 heavy (non-hydrogen) atoms. The highest BCUT2D eigenvalue weighted by atomic mass is 35.5. The van der Waals surface area contributed by atoms with Crippen molar-refractivity contribution in [3.63, 3.8) is 0 Å². The molecule has 0 aliphatic rings. The number of alkyl halides is 1. The highest BCUT2D eigenvalue weighted by Crippen LogP contribution is 2.28. The molecular weight excluding hydrogens is 247 g/mol. The van der Waals surface area contributed by atoms with Crippen LogP contribution in [0, 0.1) is 0 Å². The second-order valence-corrected chi connectivity index (χ2v) is 3.83. The van der Waals surface area contributed by atoms with Crippen molar-refractivity contribution in [1.82, 2.24) is 4.98 Å². The molecule has 2 rings (SSSR count). The number of halogens is 2. The van der Waals surface area contributed by atoms with E-state index in [2.05, 4.69) is 10.3 Å². The van der Waals surface area contributed by atoms with Gasteiger partial charge in [0.25, 0.3) is 0 Å². The number of amides is 1. The van der Waals surface area contributed by atoms with Gasteiger partial charge in [-0.05, 0) is 6.07 Å². The Hall–Kier alpha value is -1.32. The molecule has 2 aromatic rings. The van der Waals surface area contributed by atoms with Crippen LogP contribution < -0.4 is 5.32 Å². The number of hydrogen-bond donors (Lipinski definition) is 1. The molecule has 1 N–H and O–H groups in total. The van der Waals surface area contributed by atoms with Gasteiger partial charge in [-0.3, -0.25) is 9.78 Å². The molecule has 0 atom stereocenters. The lowest BCUT2D eigenvalue weighted by atomic mass is 10.2. The lowest BCUT2D eigenvalue weighted by Crippen LogP contribution is -2.13. The topological polar surface area (TPSA) is 42.0 Å². The van der Waals surface area contributed by atoms with Crippen molar-refractivity contribution in [3.8, 4) is 0 Å². The number of nitrogens with one attached hydrogen (secondary N) is 1. The summed E-state index contributed by atoms with van der Waals surface area (Å²) in [6.45, 7) is 0. The number of carbonyl (C=O) groups is 1. The van der Waals surface area contributed by atoms with Gasteiger partial charge in [-0.25, -0.2) is 0 Å². The molecule has 1 aromatic heterocycles. The van der Waals surface area contributed by atoms with E-state index in [1.165, 1.54) is 6.20 Å². The van der Waals surface area contributed by atoms with E-state index in [1.54, 1.807) is 0 Å². The second-order valence-electron chi connectivity index (χ2n) is 3.18. The molecule has 0 aliphatic carbocycles. The first-order valence-electron chi connectivity index (χ1n) is 4.61. The first-order valence-corrected chi connectivity index (χ1v) is 5.52. The van der Waals surface area contributed by atoms with E-state index in [0.717, 1.165) is 10.9 Å². The minimum atomic E-state index is -0.305. The molecular formula is C11H8Cl2N2O. The Morgan fingerprint density at radius 2 is 2.12 bits per heavy atom. The van der Waals surface area contributed by atoms with Gasteiger partial charge in [-0.1, -0.05) is 29.8 Å². The summed E-state index contributed by atoms with van der Waals surface area (Å²) in [5, 5.41) is 3.87. The lowest BCUT2D eigenvalue weighted by molar-refractivity contribution is -0.113. The number of rotatable bonds is 2. The molecule has 3 nitrogen and oxygen atoms in total. The molecule has 0 bridgehead atoms. The van der Waals surface area contributed by atoms with Crippen LogP contribution in [0.3, 0.4) is 0 Å². The van der Waals surface area contributed by atoms with Crippen molar-refractivity contribution in [2.75, 3.05) is 11.2 Å². The Kier molecular flexibility index (Phi) is 3.27. The summed E-state index contributed by atoms with van der Waals surface area (Å²) in [5.41, 5.74) is 1.27. The largest absolute Gasteiger partial charge is 0.322 e. The van der Waals surface area contributed by atoms with Crippen LogP contribution in [0.1, 0.15) is 0 Å². The van der Waals surface area contributed by atoms with Crippen LogP contribution in [-0.4, -0.2) is 16.8 Å². The fourth-order valence-corrected chi connectivity index (χ4v) is 1.70. The zero-order valence-corrected chi connectivity index (χ0v) is 9.72. The minimum Gasteiger partial charge on any atom is -0.322 e. The third-order valence-electron chi connectivity index (χ3n) is 2.11. The molecule has 0 fully saturated rings. The van der Waals surface area contributed by atoms with Crippen molar-refractivity contribution in [2.45, 2.75) is 0 Å². The number of nitrogens with zero attached hydrogens (tertiary/aromatic N) is 1. The van der Waals surface area contributed by atoms with Gasteiger partial charge in [0.1, 0.15) is 5.88 Å². The molecule has 0 saturated carbocycles. The van der Waals surface area contributed by atoms with Gasteiger partial charge >= 0.3 is 0 Å². The maximum absolute atomic E-state index is 11.1. The molecule has 5 heteroatoms. The van der Waals surface area contributed by atoms with Gasteiger partial charge in [-0.2, -0.15) is 0 Å². The van der Waals surface area contributed by atoms with Crippen molar-refractivity contribution in [3.05, 3.63) is 35.5 Å². The third-order valence-corrected chi connectivity index (χ3v) is 2.76. The molecule has 1 amide bonds. The van der Waals surface area contributed by atoms with Crippen LogP contribution in [0.2, 0.25) is 5.02 Å². The van der Waals surface area contributed by atoms with Crippen molar-refractivity contribution >= 4 is 45.7 Å². The zero-order valence-electron chi connectivity index (χ0n) is 8.21. The Morgan fingerprint density at radius 3 is 2.88 bits per heavy atom. The average Bonchev–Trinajstić information content (AvgIpc) is 2.33. The van der Waals surface area contributed by atoms with Gasteiger partial charge in [0, 0.05) is 5.39 Å². The van der Waals surface area contributed by atoms with E-state index < -0.39 is 0 Å². The Morgan fingerprint density at radius 1 is 1.38 bits per heavy atom. The van der Waals surface area contributed by atoms with E-state index >= 15 is 0 Å². The summed E-state index contributed by atoms with van der Waals surface area (Å²) < 4.78 is 0. The number of benzene rings is 1. The van der Waals surface area contributed by atoms with Gasteiger partial charge in [0.2, 0.25) is 5.91 Å². The summed E-state index contributed by atoms with van der Waals surface area (Å²) in [6.07, 6.45) is 1.52. The van der Waals surface area contributed by atoms with Crippen LogP contribution in [0.15, 0.2) is 30.5 Å². The summed E-state index contributed by atoms with van der Waals surface area (Å²) in [6, 6.07) is 7.45. The standard InChI is InChI=1S/C11H8Cl2N2O/c12-5-10(16)15-9-6-14-8-4-2-1-3-7(8)11(9)13/h1-4,6H,5H2,(H,15,16). The van der Waals surface area contributed by atoms with Gasteiger partial charge in [-0.15, -0.1) is 11.6 Å². The maximum atomic E-state index is 11.1. The van der Waals surface area contributed by atoms with E-state index in [9.17, 15) is 4.79 Å². The molecule has 0 aliphatic heterocycles. The summed E-state index contributed by atoms with van der Waals surface area (Å²) in [4.78, 5) is 15.3.